The number of halogens is 1. The summed E-state index contributed by atoms with van der Waals surface area (Å²) in [6.45, 7) is 2.38. The molecule has 1 aromatic rings. The number of rotatable bonds is 4. The first-order valence-electron chi connectivity index (χ1n) is 6.89. The summed E-state index contributed by atoms with van der Waals surface area (Å²) in [6.07, 6.45) is 1.85. The number of amides is 1. The molecule has 1 heterocycles. The lowest BCUT2D eigenvalue weighted by molar-refractivity contribution is -0.123. The number of piperidine rings is 1. The summed E-state index contributed by atoms with van der Waals surface area (Å²) >= 11 is 3.49. The van der Waals surface area contributed by atoms with Crippen molar-refractivity contribution in [3.8, 4) is 0 Å². The second kappa shape index (κ2) is 7.04. The average molecular weight is 355 g/mol. The fraction of sp³-hybridized carbons (Fsp3) is 0.467. The van der Waals surface area contributed by atoms with Gasteiger partial charge in [0, 0.05) is 17.6 Å². The Labute approximate surface area is 132 Å². The summed E-state index contributed by atoms with van der Waals surface area (Å²) in [5.41, 5.74) is 6.99. The minimum absolute atomic E-state index is 0.0631. The molecule has 6 heteroatoms. The molecule has 0 spiro atoms. The Kier molecular flexibility index (Phi) is 5.36. The van der Waals surface area contributed by atoms with E-state index < -0.39 is 0 Å². The van der Waals surface area contributed by atoms with Gasteiger partial charge in [0.2, 0.25) is 5.91 Å². The van der Waals surface area contributed by atoms with Gasteiger partial charge in [0.1, 0.15) is 0 Å². The maximum atomic E-state index is 11.5. The molecule has 2 rings (SSSR count). The van der Waals surface area contributed by atoms with Crippen molar-refractivity contribution in [3.05, 3.63) is 33.8 Å². The fourth-order valence-electron chi connectivity index (χ4n) is 2.59. The normalized spacial score (nSPS) is 19.2. The van der Waals surface area contributed by atoms with E-state index in [0.717, 1.165) is 36.0 Å². The molecule has 2 N–H and O–H groups in total. The van der Waals surface area contributed by atoms with Gasteiger partial charge in [-0.3, -0.25) is 9.69 Å². The lowest BCUT2D eigenvalue weighted by atomic mass is 9.97. The molecule has 0 bridgehead atoms. The van der Waals surface area contributed by atoms with Crippen molar-refractivity contribution in [1.29, 1.82) is 0 Å². The van der Waals surface area contributed by atoms with Gasteiger partial charge in [-0.25, -0.2) is 4.79 Å². The van der Waals surface area contributed by atoms with Crippen LogP contribution in [0.25, 0.3) is 0 Å². The van der Waals surface area contributed by atoms with Crippen molar-refractivity contribution in [2.45, 2.75) is 19.4 Å². The van der Waals surface area contributed by atoms with Gasteiger partial charge in [-0.15, -0.1) is 0 Å². The minimum Gasteiger partial charge on any atom is -0.465 e. The number of esters is 1. The van der Waals surface area contributed by atoms with Crippen LogP contribution in [0, 0.1) is 5.92 Å². The van der Waals surface area contributed by atoms with E-state index in [4.69, 9.17) is 10.5 Å². The second-order valence-corrected chi connectivity index (χ2v) is 6.13. The molecule has 1 aromatic carbocycles. The van der Waals surface area contributed by atoms with Gasteiger partial charge in [-0.2, -0.15) is 0 Å². The molecular weight excluding hydrogens is 336 g/mol. The van der Waals surface area contributed by atoms with Crippen LogP contribution in [0.2, 0.25) is 0 Å². The highest BCUT2D eigenvalue weighted by Crippen LogP contribution is 2.24. The standard InChI is InChI=1S/C15H19BrN2O3/c1-21-15(20)10-4-5-11(13(16)7-10)8-18-6-2-3-12(9-18)14(17)19/h4-5,7,12H,2-3,6,8-9H2,1H3,(H2,17,19). The van der Waals surface area contributed by atoms with Crippen LogP contribution in [0.15, 0.2) is 22.7 Å². The number of primary amides is 1. The maximum Gasteiger partial charge on any atom is 0.337 e. The predicted octanol–water partition coefficient (Wildman–Crippen LogP) is 1.93. The molecule has 21 heavy (non-hydrogen) atoms. The van der Waals surface area contributed by atoms with Gasteiger partial charge in [0.25, 0.3) is 0 Å². The third kappa shape index (κ3) is 4.04. The first kappa shape index (κ1) is 16.0. The Morgan fingerprint density at radius 1 is 1.48 bits per heavy atom. The van der Waals surface area contributed by atoms with Crippen LogP contribution in [0.4, 0.5) is 0 Å². The van der Waals surface area contributed by atoms with Gasteiger partial charge in [0.05, 0.1) is 18.6 Å². The van der Waals surface area contributed by atoms with Gasteiger partial charge in [-0.05, 0) is 37.1 Å². The monoisotopic (exact) mass is 354 g/mol. The smallest absolute Gasteiger partial charge is 0.337 e. The number of likely N-dealkylation sites (tertiary alicyclic amines) is 1. The zero-order chi connectivity index (χ0) is 15.4. The van der Waals surface area contributed by atoms with E-state index in [9.17, 15) is 9.59 Å². The van der Waals surface area contributed by atoms with Crippen molar-refractivity contribution < 1.29 is 14.3 Å². The van der Waals surface area contributed by atoms with Gasteiger partial charge in [-0.1, -0.05) is 22.0 Å². The topological polar surface area (TPSA) is 72.6 Å². The van der Waals surface area contributed by atoms with E-state index in [0.29, 0.717) is 12.1 Å². The van der Waals surface area contributed by atoms with Crippen LogP contribution in [0.5, 0.6) is 0 Å². The van der Waals surface area contributed by atoms with Crippen molar-refractivity contribution in [1.82, 2.24) is 4.90 Å². The predicted molar refractivity (Wildman–Crippen MR) is 82.7 cm³/mol. The molecule has 0 saturated carbocycles. The third-order valence-corrected chi connectivity index (χ3v) is 4.51. The molecule has 114 valence electrons. The number of methoxy groups -OCH3 is 1. The highest BCUT2D eigenvalue weighted by atomic mass is 79.9. The quantitative estimate of drug-likeness (QED) is 0.838. The third-order valence-electron chi connectivity index (χ3n) is 3.78. The lowest BCUT2D eigenvalue weighted by Gasteiger charge is -2.31. The van der Waals surface area contributed by atoms with E-state index in [1.165, 1.54) is 7.11 Å². The molecule has 1 atom stereocenters. The van der Waals surface area contributed by atoms with Crippen LogP contribution in [0.1, 0.15) is 28.8 Å². The highest BCUT2D eigenvalue weighted by Gasteiger charge is 2.24. The SMILES string of the molecule is COC(=O)c1ccc(CN2CCCC(C(N)=O)C2)c(Br)c1. The Morgan fingerprint density at radius 2 is 2.24 bits per heavy atom. The molecule has 1 aliphatic heterocycles. The summed E-state index contributed by atoms with van der Waals surface area (Å²) < 4.78 is 5.57. The number of carbonyl (C=O) groups excluding carboxylic acids is 2. The fourth-order valence-corrected chi connectivity index (χ4v) is 3.10. The van der Waals surface area contributed by atoms with Crippen LogP contribution >= 0.6 is 15.9 Å². The van der Waals surface area contributed by atoms with Crippen molar-refractivity contribution in [2.24, 2.45) is 11.7 Å². The summed E-state index contributed by atoms with van der Waals surface area (Å²) in [7, 11) is 1.36. The molecular formula is C15H19BrN2O3. The molecule has 0 aliphatic carbocycles. The summed E-state index contributed by atoms with van der Waals surface area (Å²) in [5, 5.41) is 0. The molecule has 1 fully saturated rings. The van der Waals surface area contributed by atoms with E-state index in [-0.39, 0.29) is 17.8 Å². The Morgan fingerprint density at radius 3 is 2.86 bits per heavy atom. The van der Waals surface area contributed by atoms with Gasteiger partial charge >= 0.3 is 5.97 Å². The number of hydrogen-bond acceptors (Lipinski definition) is 4. The summed E-state index contributed by atoms with van der Waals surface area (Å²) in [5.74, 6) is -0.638. The Balaban J connectivity index is 2.06. The number of benzene rings is 1. The number of carbonyl (C=O) groups is 2. The average Bonchev–Trinajstić information content (AvgIpc) is 2.48. The van der Waals surface area contributed by atoms with Gasteiger partial charge in [0.15, 0.2) is 0 Å². The molecule has 0 aromatic heterocycles. The number of nitrogens with two attached hydrogens (primary N) is 1. The van der Waals surface area contributed by atoms with E-state index >= 15 is 0 Å². The zero-order valence-corrected chi connectivity index (χ0v) is 13.6. The van der Waals surface area contributed by atoms with E-state index in [1.54, 1.807) is 12.1 Å². The van der Waals surface area contributed by atoms with Gasteiger partial charge < -0.3 is 10.5 Å². The highest BCUT2D eigenvalue weighted by molar-refractivity contribution is 9.10. The Hall–Kier alpha value is -1.40. The van der Waals surface area contributed by atoms with Crippen molar-refractivity contribution in [2.75, 3.05) is 20.2 Å². The van der Waals surface area contributed by atoms with E-state index in [1.807, 2.05) is 6.07 Å². The van der Waals surface area contributed by atoms with Crippen LogP contribution in [-0.2, 0) is 16.1 Å². The summed E-state index contributed by atoms with van der Waals surface area (Å²) in [4.78, 5) is 25.0. The lowest BCUT2D eigenvalue weighted by Crippen LogP contribution is -2.40. The van der Waals surface area contributed by atoms with Crippen LogP contribution < -0.4 is 5.73 Å². The molecule has 5 nitrogen and oxygen atoms in total. The molecule has 1 unspecified atom stereocenters. The zero-order valence-electron chi connectivity index (χ0n) is 12.0. The first-order chi connectivity index (χ1) is 10.0. The van der Waals surface area contributed by atoms with Crippen molar-refractivity contribution >= 4 is 27.8 Å². The molecule has 1 amide bonds. The number of hydrogen-bond donors (Lipinski definition) is 1. The minimum atomic E-state index is -0.353. The molecule has 1 saturated heterocycles. The number of nitrogens with zero attached hydrogens (tertiary/aromatic N) is 1. The van der Waals surface area contributed by atoms with Crippen LogP contribution in [-0.4, -0.2) is 37.0 Å². The Bertz CT molecular complexity index is 548. The molecule has 1 aliphatic rings. The molecule has 0 radical (unpaired) electrons. The summed E-state index contributed by atoms with van der Waals surface area (Å²) in [6, 6.07) is 5.42. The van der Waals surface area contributed by atoms with Crippen LogP contribution in [0.3, 0.4) is 0 Å². The van der Waals surface area contributed by atoms with E-state index in [2.05, 4.69) is 20.8 Å². The number of ether oxygens (including phenoxy) is 1. The first-order valence-corrected chi connectivity index (χ1v) is 7.69. The largest absolute Gasteiger partial charge is 0.465 e. The van der Waals surface area contributed by atoms with Crippen molar-refractivity contribution in [3.63, 3.8) is 0 Å². The maximum absolute atomic E-state index is 11.5. The second-order valence-electron chi connectivity index (χ2n) is 5.27.